The molecule has 7 heteroatoms. The number of pyridine rings is 1. The molecule has 0 spiro atoms. The molecule has 0 aliphatic carbocycles. The van der Waals surface area contributed by atoms with Crippen LogP contribution in [0.25, 0.3) is 0 Å². The van der Waals surface area contributed by atoms with E-state index in [0.717, 1.165) is 6.42 Å². The third-order valence-electron chi connectivity index (χ3n) is 2.92. The molecule has 0 bridgehead atoms. The van der Waals surface area contributed by atoms with Gasteiger partial charge in [-0.3, -0.25) is 4.79 Å². The van der Waals surface area contributed by atoms with Crippen molar-refractivity contribution < 1.29 is 14.7 Å². The molecular formula is C11H12ClN3O3. The Kier molecular flexibility index (Phi) is 3.38. The van der Waals surface area contributed by atoms with Crippen LogP contribution in [0.1, 0.15) is 23.2 Å². The molecule has 0 aromatic carbocycles. The van der Waals surface area contributed by atoms with Gasteiger partial charge in [-0.2, -0.15) is 0 Å². The summed E-state index contributed by atoms with van der Waals surface area (Å²) in [6, 6.07) is 0.790. The lowest BCUT2D eigenvalue weighted by Crippen LogP contribution is -2.36. The van der Waals surface area contributed by atoms with Gasteiger partial charge in [-0.25, -0.2) is 9.78 Å². The summed E-state index contributed by atoms with van der Waals surface area (Å²) in [6.07, 6.45) is 2.64. The highest BCUT2D eigenvalue weighted by Crippen LogP contribution is 2.30. The fraction of sp³-hybridized carbons (Fsp3) is 0.364. The summed E-state index contributed by atoms with van der Waals surface area (Å²) in [4.78, 5) is 27.7. The van der Waals surface area contributed by atoms with Gasteiger partial charge in [-0.15, -0.1) is 0 Å². The van der Waals surface area contributed by atoms with Gasteiger partial charge in [0, 0.05) is 12.7 Å². The number of carbonyl (C=O) groups is 2. The molecule has 2 heterocycles. The molecule has 1 aromatic heterocycles. The van der Waals surface area contributed by atoms with Crippen LogP contribution in [0.3, 0.4) is 0 Å². The number of carboxylic acids is 1. The summed E-state index contributed by atoms with van der Waals surface area (Å²) >= 11 is 6.02. The zero-order valence-electron chi connectivity index (χ0n) is 9.47. The van der Waals surface area contributed by atoms with Gasteiger partial charge in [-0.05, 0) is 18.9 Å². The topological polar surface area (TPSA) is 96.5 Å². The average molecular weight is 270 g/mol. The van der Waals surface area contributed by atoms with E-state index in [-0.39, 0.29) is 10.6 Å². The van der Waals surface area contributed by atoms with Gasteiger partial charge >= 0.3 is 5.97 Å². The van der Waals surface area contributed by atoms with E-state index in [1.807, 2.05) is 0 Å². The molecule has 1 saturated heterocycles. The number of carbonyl (C=O) groups excluding carboxylic acids is 1. The Hall–Kier alpha value is -1.82. The first-order valence-corrected chi connectivity index (χ1v) is 5.83. The van der Waals surface area contributed by atoms with Crippen molar-refractivity contribution in [3.63, 3.8) is 0 Å². The molecule has 1 atom stereocenters. The third-order valence-corrected chi connectivity index (χ3v) is 3.19. The first-order valence-electron chi connectivity index (χ1n) is 5.45. The van der Waals surface area contributed by atoms with Crippen molar-refractivity contribution in [3.8, 4) is 0 Å². The highest BCUT2D eigenvalue weighted by atomic mass is 35.5. The Morgan fingerprint density at radius 3 is 2.83 bits per heavy atom. The lowest BCUT2D eigenvalue weighted by Gasteiger charge is -2.23. The molecule has 1 fully saturated rings. The van der Waals surface area contributed by atoms with Gasteiger partial charge in [0.1, 0.15) is 11.9 Å². The first kappa shape index (κ1) is 12.6. The average Bonchev–Trinajstić information content (AvgIpc) is 2.77. The normalized spacial score (nSPS) is 18.9. The maximum atomic E-state index is 11.1. The van der Waals surface area contributed by atoms with Crippen LogP contribution < -0.4 is 10.6 Å². The third kappa shape index (κ3) is 2.24. The molecule has 6 nitrogen and oxygen atoms in total. The van der Waals surface area contributed by atoms with Crippen molar-refractivity contribution in [2.24, 2.45) is 5.73 Å². The second kappa shape index (κ2) is 4.81. The molecule has 1 aliphatic heterocycles. The fourth-order valence-corrected chi connectivity index (χ4v) is 2.33. The predicted molar refractivity (Wildman–Crippen MR) is 65.8 cm³/mol. The molecule has 1 amide bonds. The Bertz CT molecular complexity index is 506. The number of aromatic nitrogens is 1. The molecule has 1 aliphatic rings. The van der Waals surface area contributed by atoms with E-state index in [9.17, 15) is 9.59 Å². The lowest BCUT2D eigenvalue weighted by molar-refractivity contribution is -0.138. The molecule has 3 N–H and O–H groups in total. The Morgan fingerprint density at radius 1 is 1.56 bits per heavy atom. The molecule has 18 heavy (non-hydrogen) atoms. The van der Waals surface area contributed by atoms with E-state index in [1.165, 1.54) is 12.3 Å². The van der Waals surface area contributed by atoms with Crippen molar-refractivity contribution in [1.29, 1.82) is 0 Å². The minimum atomic E-state index is -0.899. The number of nitrogens with zero attached hydrogens (tertiary/aromatic N) is 2. The van der Waals surface area contributed by atoms with Crippen LogP contribution in [0, 0.1) is 0 Å². The van der Waals surface area contributed by atoms with Crippen molar-refractivity contribution in [1.82, 2.24) is 4.98 Å². The zero-order chi connectivity index (χ0) is 13.3. The van der Waals surface area contributed by atoms with E-state index in [4.69, 9.17) is 22.4 Å². The van der Waals surface area contributed by atoms with E-state index in [1.54, 1.807) is 4.90 Å². The maximum Gasteiger partial charge on any atom is 0.326 e. The summed E-state index contributed by atoms with van der Waals surface area (Å²) in [7, 11) is 0. The Labute approximate surface area is 108 Å². The second-order valence-electron chi connectivity index (χ2n) is 4.08. The number of amides is 1. The number of carboxylic acid groups (broad SMARTS) is 1. The van der Waals surface area contributed by atoms with Crippen molar-refractivity contribution in [3.05, 3.63) is 22.8 Å². The number of anilines is 1. The van der Waals surface area contributed by atoms with Gasteiger partial charge in [0.2, 0.25) is 5.91 Å². The summed E-state index contributed by atoms with van der Waals surface area (Å²) in [6.45, 7) is 0.583. The minimum absolute atomic E-state index is 0.204. The summed E-state index contributed by atoms with van der Waals surface area (Å²) in [5.41, 5.74) is 5.32. The SMILES string of the molecule is NC(=O)c1cnc(N2CCC[C@@H]2C(=O)O)c(Cl)c1. The van der Waals surface area contributed by atoms with Gasteiger partial charge in [0.15, 0.2) is 0 Å². The number of halogens is 1. The number of hydrogen-bond donors (Lipinski definition) is 2. The molecule has 96 valence electrons. The van der Waals surface area contributed by atoms with Crippen LogP contribution in [0.2, 0.25) is 5.02 Å². The lowest BCUT2D eigenvalue weighted by atomic mass is 10.2. The van der Waals surface area contributed by atoms with Crippen molar-refractivity contribution in [2.45, 2.75) is 18.9 Å². The number of rotatable bonds is 3. The predicted octanol–water partition coefficient (Wildman–Crippen LogP) is 0.887. The molecular weight excluding hydrogens is 258 g/mol. The fourth-order valence-electron chi connectivity index (χ4n) is 2.05. The smallest absolute Gasteiger partial charge is 0.326 e. The monoisotopic (exact) mass is 269 g/mol. The minimum Gasteiger partial charge on any atom is -0.480 e. The number of hydrogen-bond acceptors (Lipinski definition) is 4. The molecule has 2 rings (SSSR count). The van der Waals surface area contributed by atoms with Gasteiger partial charge < -0.3 is 15.7 Å². The van der Waals surface area contributed by atoms with E-state index < -0.39 is 17.9 Å². The standard InChI is InChI=1S/C11H12ClN3O3/c12-7-4-6(9(13)16)5-14-10(7)15-3-1-2-8(15)11(17)18/h4-5,8H,1-3H2,(H2,13,16)(H,17,18)/t8-/m1/s1. The van der Waals surface area contributed by atoms with Gasteiger partial charge in [0.25, 0.3) is 0 Å². The molecule has 0 unspecified atom stereocenters. The van der Waals surface area contributed by atoms with Crippen molar-refractivity contribution >= 4 is 29.3 Å². The highest BCUT2D eigenvalue weighted by molar-refractivity contribution is 6.33. The van der Waals surface area contributed by atoms with Crippen LogP contribution >= 0.6 is 11.6 Å². The Balaban J connectivity index is 2.33. The molecule has 0 radical (unpaired) electrons. The number of aliphatic carboxylic acids is 1. The number of primary amides is 1. The highest BCUT2D eigenvalue weighted by Gasteiger charge is 2.32. The van der Waals surface area contributed by atoms with Crippen LogP contribution in [0.15, 0.2) is 12.3 Å². The summed E-state index contributed by atoms with van der Waals surface area (Å²) < 4.78 is 0. The van der Waals surface area contributed by atoms with Crippen LogP contribution in [0.4, 0.5) is 5.82 Å². The van der Waals surface area contributed by atoms with E-state index in [0.29, 0.717) is 18.8 Å². The van der Waals surface area contributed by atoms with Crippen LogP contribution in [-0.2, 0) is 4.79 Å². The summed E-state index contributed by atoms with van der Waals surface area (Å²) in [5.74, 6) is -1.14. The summed E-state index contributed by atoms with van der Waals surface area (Å²) in [5, 5.41) is 9.33. The second-order valence-corrected chi connectivity index (χ2v) is 4.49. The molecule has 0 saturated carbocycles. The van der Waals surface area contributed by atoms with Crippen LogP contribution in [-0.4, -0.2) is 34.6 Å². The van der Waals surface area contributed by atoms with E-state index in [2.05, 4.69) is 4.98 Å². The number of nitrogens with two attached hydrogens (primary N) is 1. The molecule has 1 aromatic rings. The van der Waals surface area contributed by atoms with E-state index >= 15 is 0 Å². The first-order chi connectivity index (χ1) is 8.50. The maximum absolute atomic E-state index is 11.1. The zero-order valence-corrected chi connectivity index (χ0v) is 10.2. The van der Waals surface area contributed by atoms with Crippen molar-refractivity contribution in [2.75, 3.05) is 11.4 Å². The van der Waals surface area contributed by atoms with Crippen LogP contribution in [0.5, 0.6) is 0 Å². The Morgan fingerprint density at radius 2 is 2.28 bits per heavy atom. The van der Waals surface area contributed by atoms with Gasteiger partial charge in [0.05, 0.1) is 10.6 Å². The largest absolute Gasteiger partial charge is 0.480 e. The quantitative estimate of drug-likeness (QED) is 0.849. The van der Waals surface area contributed by atoms with Gasteiger partial charge in [-0.1, -0.05) is 11.6 Å².